The molecule has 82 valence electrons. The number of amides is 1. The second-order valence-electron chi connectivity index (χ2n) is 4.36. The highest BCUT2D eigenvalue weighted by molar-refractivity contribution is 7.80. The molecule has 1 aromatic rings. The van der Waals surface area contributed by atoms with Gasteiger partial charge in [-0.1, -0.05) is 30.4 Å². The number of benzene rings is 1. The predicted molar refractivity (Wildman–Crippen MR) is 66.6 cm³/mol. The fourth-order valence-electron chi connectivity index (χ4n) is 2.55. The van der Waals surface area contributed by atoms with Crippen LogP contribution in [0.2, 0.25) is 0 Å². The van der Waals surface area contributed by atoms with Crippen molar-refractivity contribution in [2.24, 2.45) is 0 Å². The van der Waals surface area contributed by atoms with Crippen molar-refractivity contribution in [3.05, 3.63) is 29.8 Å². The van der Waals surface area contributed by atoms with E-state index in [0.717, 1.165) is 29.1 Å². The molecule has 1 spiro atoms. The average Bonchev–Trinajstić information content (AvgIpc) is 2.57. The van der Waals surface area contributed by atoms with Gasteiger partial charge in [0.15, 0.2) is 0 Å². The van der Waals surface area contributed by atoms with Gasteiger partial charge >= 0.3 is 0 Å². The second-order valence-corrected chi connectivity index (χ2v) is 4.85. The van der Waals surface area contributed by atoms with Crippen LogP contribution in [0.5, 0.6) is 0 Å². The van der Waals surface area contributed by atoms with Crippen molar-refractivity contribution in [2.75, 3.05) is 11.9 Å². The second kappa shape index (κ2) is 3.28. The lowest BCUT2D eigenvalue weighted by Crippen LogP contribution is -2.49. The summed E-state index contributed by atoms with van der Waals surface area (Å²) in [5.41, 5.74) is 1.65. The van der Waals surface area contributed by atoms with Crippen molar-refractivity contribution in [3.8, 4) is 0 Å². The van der Waals surface area contributed by atoms with Gasteiger partial charge in [0.1, 0.15) is 0 Å². The first-order chi connectivity index (χ1) is 7.72. The lowest BCUT2D eigenvalue weighted by molar-refractivity contribution is -0.121. The smallest absolute Gasteiger partial charge is 0.236 e. The molecular formula is C12H12N2OS. The number of piperidine rings is 1. The maximum Gasteiger partial charge on any atom is 0.236 e. The molecule has 1 atom stereocenters. The van der Waals surface area contributed by atoms with Crippen molar-refractivity contribution >= 4 is 28.8 Å². The Labute approximate surface area is 99.2 Å². The molecule has 1 fully saturated rings. The third-order valence-corrected chi connectivity index (χ3v) is 3.84. The highest BCUT2D eigenvalue weighted by Gasteiger charge is 2.47. The highest BCUT2D eigenvalue weighted by Crippen LogP contribution is 2.41. The number of fused-ring (bicyclic) bond motifs is 2. The Morgan fingerprint density at radius 3 is 2.88 bits per heavy atom. The first-order valence-corrected chi connectivity index (χ1v) is 5.81. The monoisotopic (exact) mass is 232 g/mol. The van der Waals surface area contributed by atoms with Crippen LogP contribution in [0, 0.1) is 0 Å². The summed E-state index contributed by atoms with van der Waals surface area (Å²) in [6.07, 6.45) is 1.60. The van der Waals surface area contributed by atoms with Crippen molar-refractivity contribution < 1.29 is 4.79 Å². The summed E-state index contributed by atoms with van der Waals surface area (Å²) in [4.78, 5) is 13.0. The Kier molecular flexibility index (Phi) is 2.01. The fourth-order valence-corrected chi connectivity index (χ4v) is 2.72. The van der Waals surface area contributed by atoms with Crippen LogP contribution in [-0.2, 0) is 10.2 Å². The molecule has 16 heavy (non-hydrogen) atoms. The van der Waals surface area contributed by atoms with Gasteiger partial charge < -0.3 is 10.6 Å². The van der Waals surface area contributed by atoms with Gasteiger partial charge in [-0.3, -0.25) is 4.79 Å². The quantitative estimate of drug-likeness (QED) is 0.667. The van der Waals surface area contributed by atoms with Gasteiger partial charge in [0.25, 0.3) is 0 Å². The van der Waals surface area contributed by atoms with Gasteiger partial charge in [0.05, 0.1) is 10.4 Å². The molecule has 0 aromatic heterocycles. The van der Waals surface area contributed by atoms with Crippen LogP contribution >= 0.6 is 12.2 Å². The third-order valence-electron chi connectivity index (χ3n) is 3.49. The van der Waals surface area contributed by atoms with Crippen LogP contribution in [0.25, 0.3) is 0 Å². The molecule has 4 heteroatoms. The Morgan fingerprint density at radius 2 is 2.12 bits per heavy atom. The van der Waals surface area contributed by atoms with E-state index in [1.165, 1.54) is 0 Å². The number of hydrogen-bond acceptors (Lipinski definition) is 2. The van der Waals surface area contributed by atoms with Crippen LogP contribution in [0.1, 0.15) is 18.4 Å². The van der Waals surface area contributed by atoms with E-state index >= 15 is 0 Å². The van der Waals surface area contributed by atoms with E-state index in [1.807, 2.05) is 24.3 Å². The number of hydrogen-bond donors (Lipinski definition) is 2. The van der Waals surface area contributed by atoms with Crippen molar-refractivity contribution in [1.29, 1.82) is 0 Å². The number of nitrogens with one attached hydrogen (secondary N) is 2. The lowest BCUT2D eigenvalue weighted by Gasteiger charge is -2.32. The Balaban J connectivity index is 2.07. The molecule has 2 aliphatic heterocycles. The zero-order chi connectivity index (χ0) is 11.2. The zero-order valence-electron chi connectivity index (χ0n) is 8.75. The summed E-state index contributed by atoms with van der Waals surface area (Å²) in [7, 11) is 0. The van der Waals surface area contributed by atoms with Crippen molar-refractivity contribution in [3.63, 3.8) is 0 Å². The van der Waals surface area contributed by atoms with E-state index in [2.05, 4.69) is 10.6 Å². The average molecular weight is 232 g/mol. The first-order valence-electron chi connectivity index (χ1n) is 5.40. The van der Waals surface area contributed by atoms with Crippen LogP contribution in [0.3, 0.4) is 0 Å². The molecule has 1 unspecified atom stereocenters. The van der Waals surface area contributed by atoms with Crippen molar-refractivity contribution in [2.45, 2.75) is 18.3 Å². The molecule has 0 bridgehead atoms. The van der Waals surface area contributed by atoms with E-state index in [0.29, 0.717) is 6.54 Å². The molecule has 0 radical (unpaired) electrons. The molecule has 2 aliphatic rings. The third kappa shape index (κ3) is 1.19. The van der Waals surface area contributed by atoms with Gasteiger partial charge in [-0.2, -0.15) is 0 Å². The Hall–Kier alpha value is -1.42. The highest BCUT2D eigenvalue weighted by atomic mass is 32.1. The number of carbonyl (C=O) groups excluding carboxylic acids is 1. The van der Waals surface area contributed by atoms with Gasteiger partial charge in [0.2, 0.25) is 5.91 Å². The Morgan fingerprint density at radius 1 is 1.31 bits per heavy atom. The van der Waals surface area contributed by atoms with Gasteiger partial charge in [0, 0.05) is 12.2 Å². The van der Waals surface area contributed by atoms with E-state index < -0.39 is 5.41 Å². The molecule has 1 aromatic carbocycles. The predicted octanol–water partition coefficient (Wildman–Crippen LogP) is 1.59. The number of rotatable bonds is 0. The first kappa shape index (κ1) is 9.78. The minimum Gasteiger partial charge on any atom is -0.378 e. The van der Waals surface area contributed by atoms with Crippen LogP contribution in [0.4, 0.5) is 5.69 Å². The fraction of sp³-hybridized carbons (Fsp3) is 0.333. The largest absolute Gasteiger partial charge is 0.378 e. The summed E-state index contributed by atoms with van der Waals surface area (Å²) < 4.78 is 0. The summed E-state index contributed by atoms with van der Waals surface area (Å²) >= 11 is 5.12. The summed E-state index contributed by atoms with van der Waals surface area (Å²) in [5.74, 6) is 0.101. The normalized spacial score (nSPS) is 27.5. The van der Waals surface area contributed by atoms with Gasteiger partial charge in [-0.15, -0.1) is 0 Å². The Bertz CT molecular complexity index is 474. The van der Waals surface area contributed by atoms with Crippen LogP contribution in [0.15, 0.2) is 24.3 Å². The van der Waals surface area contributed by atoms with E-state index in [-0.39, 0.29) is 5.91 Å². The molecule has 1 amide bonds. The molecule has 2 heterocycles. The van der Waals surface area contributed by atoms with Gasteiger partial charge in [-0.05, 0) is 24.5 Å². The van der Waals surface area contributed by atoms with Crippen LogP contribution < -0.4 is 10.6 Å². The SMILES string of the molecule is O=C1Nc2ccccc2C12CCC(=S)NC2. The van der Waals surface area contributed by atoms with Crippen molar-refractivity contribution in [1.82, 2.24) is 5.32 Å². The summed E-state index contributed by atoms with van der Waals surface area (Å²) in [6.45, 7) is 0.620. The lowest BCUT2D eigenvalue weighted by atomic mass is 9.76. The summed E-state index contributed by atoms with van der Waals surface area (Å²) in [6, 6.07) is 7.91. The maximum atomic E-state index is 12.1. The molecule has 0 aliphatic carbocycles. The molecule has 1 saturated heterocycles. The minimum atomic E-state index is -0.404. The topological polar surface area (TPSA) is 41.1 Å². The number of thiocarbonyl (C=S) groups is 1. The molecular weight excluding hydrogens is 220 g/mol. The zero-order valence-corrected chi connectivity index (χ0v) is 9.56. The van der Waals surface area contributed by atoms with Gasteiger partial charge in [-0.25, -0.2) is 0 Å². The van der Waals surface area contributed by atoms with E-state index in [1.54, 1.807) is 0 Å². The molecule has 2 N–H and O–H groups in total. The number of carbonyl (C=O) groups is 1. The molecule has 3 nitrogen and oxygen atoms in total. The minimum absolute atomic E-state index is 0.101. The van der Waals surface area contributed by atoms with E-state index in [9.17, 15) is 4.79 Å². The summed E-state index contributed by atoms with van der Waals surface area (Å²) in [5, 5.41) is 6.11. The van der Waals surface area contributed by atoms with E-state index in [4.69, 9.17) is 12.2 Å². The standard InChI is InChI=1S/C12H12N2OS/c15-11-12(6-5-10(16)13-7-12)8-3-1-2-4-9(8)14-11/h1-4H,5-7H2,(H,13,16)(H,14,15). The molecule has 3 rings (SSSR count). The number of anilines is 1. The maximum absolute atomic E-state index is 12.1. The van der Waals surface area contributed by atoms with Crippen LogP contribution in [-0.4, -0.2) is 17.4 Å². The molecule has 0 saturated carbocycles. The number of para-hydroxylation sites is 1.